The molecule has 1 aromatic carbocycles. The summed E-state index contributed by atoms with van der Waals surface area (Å²) < 4.78 is 0.953. The fourth-order valence-electron chi connectivity index (χ4n) is 1.84. The van der Waals surface area contributed by atoms with Crippen molar-refractivity contribution < 1.29 is 4.79 Å². The van der Waals surface area contributed by atoms with Gasteiger partial charge in [-0.25, -0.2) is 0 Å². The maximum atomic E-state index is 12.1. The minimum absolute atomic E-state index is 0.000848. The Hall–Kier alpha value is -0.540. The van der Waals surface area contributed by atoms with Gasteiger partial charge in [-0.3, -0.25) is 4.79 Å². The van der Waals surface area contributed by atoms with E-state index >= 15 is 0 Å². The van der Waals surface area contributed by atoms with Gasteiger partial charge in [-0.15, -0.1) is 11.6 Å². The Morgan fingerprint density at radius 1 is 1.37 bits per heavy atom. The summed E-state index contributed by atoms with van der Waals surface area (Å²) in [5, 5.41) is 3.00. The number of hydrogen-bond donors (Lipinski definition) is 1. The van der Waals surface area contributed by atoms with Crippen LogP contribution in [-0.4, -0.2) is 18.3 Å². The first-order valence-electron chi connectivity index (χ1n) is 6.58. The van der Waals surface area contributed by atoms with Crippen LogP contribution in [0, 0.1) is 12.3 Å². The number of halogens is 2. The molecule has 0 aliphatic heterocycles. The lowest BCUT2D eigenvalue weighted by atomic mass is 9.84. The summed E-state index contributed by atoms with van der Waals surface area (Å²) in [5.74, 6) is 0.523. The standard InChI is InChI=1S/C15H21BrClNO/c1-4-15(5-2,9-17)10-18-14(19)12-7-6-11(3)13(16)8-12/h6-8H,4-5,9-10H2,1-3H3,(H,18,19). The number of nitrogens with one attached hydrogen (secondary N) is 1. The zero-order valence-electron chi connectivity index (χ0n) is 11.7. The third-order valence-corrected chi connectivity index (χ3v) is 5.26. The van der Waals surface area contributed by atoms with Gasteiger partial charge in [0.05, 0.1) is 0 Å². The van der Waals surface area contributed by atoms with Crippen LogP contribution in [0.1, 0.15) is 42.6 Å². The Balaban J connectivity index is 2.72. The first kappa shape index (κ1) is 16.5. The lowest BCUT2D eigenvalue weighted by Gasteiger charge is -2.29. The van der Waals surface area contributed by atoms with Crippen molar-refractivity contribution in [2.24, 2.45) is 5.41 Å². The zero-order valence-corrected chi connectivity index (χ0v) is 14.1. The van der Waals surface area contributed by atoms with Crippen molar-refractivity contribution in [3.05, 3.63) is 33.8 Å². The number of benzene rings is 1. The molecule has 0 atom stereocenters. The predicted octanol–water partition coefficient (Wildman–Crippen LogP) is 4.53. The molecule has 2 nitrogen and oxygen atoms in total. The van der Waals surface area contributed by atoms with Crippen molar-refractivity contribution >= 4 is 33.4 Å². The SMILES string of the molecule is CCC(CC)(CCl)CNC(=O)c1ccc(C)c(Br)c1. The highest BCUT2D eigenvalue weighted by Crippen LogP contribution is 2.27. The first-order chi connectivity index (χ1) is 8.98. The van der Waals surface area contributed by atoms with Crippen molar-refractivity contribution in [3.8, 4) is 0 Å². The lowest BCUT2D eigenvalue weighted by Crippen LogP contribution is -2.38. The maximum absolute atomic E-state index is 12.1. The Morgan fingerprint density at radius 3 is 2.47 bits per heavy atom. The highest BCUT2D eigenvalue weighted by atomic mass is 79.9. The van der Waals surface area contributed by atoms with E-state index in [2.05, 4.69) is 35.1 Å². The van der Waals surface area contributed by atoms with Gasteiger partial charge in [0.25, 0.3) is 5.91 Å². The lowest BCUT2D eigenvalue weighted by molar-refractivity contribution is 0.0931. The van der Waals surface area contributed by atoms with Gasteiger partial charge < -0.3 is 5.32 Å². The summed E-state index contributed by atoms with van der Waals surface area (Å²) in [6.07, 6.45) is 1.93. The van der Waals surface area contributed by atoms with Gasteiger partial charge >= 0.3 is 0 Å². The summed E-state index contributed by atoms with van der Waals surface area (Å²) in [7, 11) is 0. The minimum atomic E-state index is -0.0444. The number of carbonyl (C=O) groups is 1. The molecule has 0 saturated heterocycles. The van der Waals surface area contributed by atoms with Gasteiger partial charge in [0.2, 0.25) is 0 Å². The molecule has 0 heterocycles. The molecular formula is C15H21BrClNO. The molecule has 1 amide bonds. The Labute approximate surface area is 129 Å². The maximum Gasteiger partial charge on any atom is 0.251 e. The van der Waals surface area contributed by atoms with Gasteiger partial charge in [0.15, 0.2) is 0 Å². The van der Waals surface area contributed by atoms with Gasteiger partial charge in [0.1, 0.15) is 0 Å². The summed E-state index contributed by atoms with van der Waals surface area (Å²) in [4.78, 5) is 12.1. The highest BCUT2D eigenvalue weighted by Gasteiger charge is 2.25. The topological polar surface area (TPSA) is 29.1 Å². The fourth-order valence-corrected chi connectivity index (χ4v) is 2.69. The number of carbonyl (C=O) groups excluding carboxylic acids is 1. The second-order valence-electron chi connectivity index (χ2n) is 4.99. The van der Waals surface area contributed by atoms with Gasteiger partial charge in [-0.2, -0.15) is 0 Å². The summed E-state index contributed by atoms with van der Waals surface area (Å²) >= 11 is 9.49. The second-order valence-corrected chi connectivity index (χ2v) is 6.11. The average molecular weight is 347 g/mol. The van der Waals surface area contributed by atoms with E-state index in [1.807, 2.05) is 25.1 Å². The Kier molecular flexibility index (Phi) is 6.34. The summed E-state index contributed by atoms with van der Waals surface area (Å²) in [5.41, 5.74) is 1.79. The zero-order chi connectivity index (χ0) is 14.5. The molecule has 0 bridgehead atoms. The summed E-state index contributed by atoms with van der Waals surface area (Å²) in [6.45, 7) is 6.84. The van der Waals surface area contributed by atoms with Crippen LogP contribution in [0.2, 0.25) is 0 Å². The van der Waals surface area contributed by atoms with E-state index < -0.39 is 0 Å². The third kappa shape index (κ3) is 4.22. The van der Waals surface area contributed by atoms with Crippen molar-refractivity contribution in [3.63, 3.8) is 0 Å². The monoisotopic (exact) mass is 345 g/mol. The van der Waals surface area contributed by atoms with E-state index in [1.54, 1.807) is 0 Å². The van der Waals surface area contributed by atoms with Gasteiger partial charge in [-0.05, 0) is 37.5 Å². The van der Waals surface area contributed by atoms with Crippen LogP contribution in [0.15, 0.2) is 22.7 Å². The van der Waals surface area contributed by atoms with Crippen LogP contribution >= 0.6 is 27.5 Å². The van der Waals surface area contributed by atoms with Crippen LogP contribution in [0.5, 0.6) is 0 Å². The normalized spacial score (nSPS) is 11.4. The minimum Gasteiger partial charge on any atom is -0.351 e. The van der Waals surface area contributed by atoms with Crippen LogP contribution in [0.4, 0.5) is 0 Å². The molecule has 0 spiro atoms. The van der Waals surface area contributed by atoms with Crippen molar-refractivity contribution in [1.29, 1.82) is 0 Å². The number of aryl methyl sites for hydroxylation is 1. The second kappa shape index (κ2) is 7.30. The molecular weight excluding hydrogens is 326 g/mol. The first-order valence-corrected chi connectivity index (χ1v) is 7.91. The number of hydrogen-bond acceptors (Lipinski definition) is 1. The number of amides is 1. The molecule has 4 heteroatoms. The number of alkyl halides is 1. The van der Waals surface area contributed by atoms with E-state index in [1.165, 1.54) is 0 Å². The van der Waals surface area contributed by atoms with Crippen LogP contribution < -0.4 is 5.32 Å². The van der Waals surface area contributed by atoms with E-state index in [0.29, 0.717) is 18.0 Å². The van der Waals surface area contributed by atoms with Crippen molar-refractivity contribution in [1.82, 2.24) is 5.32 Å². The Bertz CT molecular complexity index is 436. The Morgan fingerprint density at radius 2 is 2.00 bits per heavy atom. The molecule has 0 aliphatic rings. The van der Waals surface area contributed by atoms with Crippen LogP contribution in [0.3, 0.4) is 0 Å². The molecule has 0 aromatic heterocycles. The molecule has 19 heavy (non-hydrogen) atoms. The smallest absolute Gasteiger partial charge is 0.251 e. The summed E-state index contributed by atoms with van der Waals surface area (Å²) in [6, 6.07) is 5.63. The van der Waals surface area contributed by atoms with E-state index in [-0.39, 0.29) is 11.3 Å². The van der Waals surface area contributed by atoms with Gasteiger partial charge in [-0.1, -0.05) is 35.8 Å². The average Bonchev–Trinajstić information content (AvgIpc) is 2.43. The highest BCUT2D eigenvalue weighted by molar-refractivity contribution is 9.10. The largest absolute Gasteiger partial charge is 0.351 e. The third-order valence-electron chi connectivity index (χ3n) is 3.84. The molecule has 0 unspecified atom stereocenters. The van der Waals surface area contributed by atoms with E-state index in [4.69, 9.17) is 11.6 Å². The van der Waals surface area contributed by atoms with Crippen LogP contribution in [0.25, 0.3) is 0 Å². The van der Waals surface area contributed by atoms with E-state index in [9.17, 15) is 4.79 Å². The molecule has 0 saturated carbocycles. The predicted molar refractivity (Wildman–Crippen MR) is 84.9 cm³/mol. The molecule has 106 valence electrons. The van der Waals surface area contributed by atoms with Gasteiger partial charge in [0, 0.05) is 27.9 Å². The molecule has 1 aromatic rings. The molecule has 0 radical (unpaired) electrons. The quantitative estimate of drug-likeness (QED) is 0.753. The fraction of sp³-hybridized carbons (Fsp3) is 0.533. The van der Waals surface area contributed by atoms with Crippen molar-refractivity contribution in [2.45, 2.75) is 33.6 Å². The van der Waals surface area contributed by atoms with Crippen molar-refractivity contribution in [2.75, 3.05) is 12.4 Å². The molecule has 1 rings (SSSR count). The molecule has 0 fully saturated rings. The number of rotatable bonds is 6. The van der Waals surface area contributed by atoms with E-state index in [0.717, 1.165) is 22.9 Å². The van der Waals surface area contributed by atoms with Crippen LogP contribution in [-0.2, 0) is 0 Å². The molecule has 0 aliphatic carbocycles. The molecule has 1 N–H and O–H groups in total.